The Bertz CT molecular complexity index is 1110. The molecular formula is C21H18ClN3O2. The van der Waals surface area contributed by atoms with Gasteiger partial charge in [0.1, 0.15) is 22.9 Å². The van der Waals surface area contributed by atoms with Crippen LogP contribution < -0.4 is 5.32 Å². The smallest absolute Gasteiger partial charge is 0.139 e. The number of benzene rings is 2. The Morgan fingerprint density at radius 1 is 1.00 bits per heavy atom. The second-order valence-electron chi connectivity index (χ2n) is 6.23. The second-order valence-corrected chi connectivity index (χ2v) is 6.67. The number of hydrogen-bond acceptors (Lipinski definition) is 4. The van der Waals surface area contributed by atoms with Crippen LogP contribution in [0.25, 0.3) is 16.9 Å². The maximum atomic E-state index is 10.3. The first-order chi connectivity index (χ1) is 13.2. The number of aliphatic hydroxyl groups is 1. The van der Waals surface area contributed by atoms with Gasteiger partial charge in [-0.15, -0.1) is 0 Å². The Morgan fingerprint density at radius 3 is 2.63 bits per heavy atom. The summed E-state index contributed by atoms with van der Waals surface area (Å²) in [4.78, 5) is 4.68. The zero-order valence-electron chi connectivity index (χ0n) is 14.4. The number of para-hydroxylation sites is 1. The van der Waals surface area contributed by atoms with Crippen molar-refractivity contribution in [2.75, 3.05) is 5.32 Å². The van der Waals surface area contributed by atoms with Gasteiger partial charge in [0.25, 0.3) is 0 Å². The topological polar surface area (TPSA) is 69.8 Å². The van der Waals surface area contributed by atoms with Crippen LogP contribution in [0.2, 0.25) is 5.02 Å². The minimum atomic E-state index is -0.0617. The standard InChI is InChI=1S/C21H18ClN3O2/c22-16-5-3-4-14(10-16)11-23-21-20(17-6-1-2-7-18(17)27)24-19-9-8-15(13-26)12-25(19)21/h1-10,12,23,26-27H,11,13H2. The number of hydrogen-bond donors (Lipinski definition) is 3. The van der Waals surface area contributed by atoms with Gasteiger partial charge >= 0.3 is 0 Å². The fraction of sp³-hybridized carbons (Fsp3) is 0.0952. The number of aliphatic hydroxyl groups excluding tert-OH is 1. The molecule has 6 heteroatoms. The molecule has 3 N–H and O–H groups in total. The fourth-order valence-electron chi connectivity index (χ4n) is 3.05. The predicted molar refractivity (Wildman–Crippen MR) is 107 cm³/mol. The van der Waals surface area contributed by atoms with Crippen molar-refractivity contribution in [1.82, 2.24) is 9.38 Å². The monoisotopic (exact) mass is 379 g/mol. The molecule has 0 atom stereocenters. The summed E-state index contributed by atoms with van der Waals surface area (Å²) in [6.45, 7) is 0.478. The lowest BCUT2D eigenvalue weighted by Gasteiger charge is -2.10. The maximum absolute atomic E-state index is 10.3. The molecule has 0 saturated carbocycles. The van der Waals surface area contributed by atoms with Crippen LogP contribution >= 0.6 is 11.6 Å². The quantitative estimate of drug-likeness (QED) is 0.478. The molecule has 136 valence electrons. The number of aromatic nitrogens is 2. The number of imidazole rings is 1. The summed E-state index contributed by atoms with van der Waals surface area (Å²) in [7, 11) is 0. The number of fused-ring (bicyclic) bond motifs is 1. The van der Waals surface area contributed by atoms with E-state index in [1.807, 2.05) is 59.1 Å². The Labute approximate surface area is 161 Å². The van der Waals surface area contributed by atoms with Gasteiger partial charge in [0, 0.05) is 23.3 Å². The summed E-state index contributed by atoms with van der Waals surface area (Å²) < 4.78 is 1.89. The van der Waals surface area contributed by atoms with Crippen molar-refractivity contribution in [3.05, 3.63) is 83.0 Å². The van der Waals surface area contributed by atoms with Gasteiger partial charge in [-0.1, -0.05) is 41.9 Å². The molecule has 2 aromatic heterocycles. The molecule has 4 rings (SSSR count). The van der Waals surface area contributed by atoms with E-state index in [1.54, 1.807) is 12.1 Å². The van der Waals surface area contributed by atoms with Crippen molar-refractivity contribution < 1.29 is 10.2 Å². The average molecular weight is 380 g/mol. The van der Waals surface area contributed by atoms with Crippen molar-refractivity contribution in [1.29, 1.82) is 0 Å². The fourth-order valence-corrected chi connectivity index (χ4v) is 3.26. The molecule has 4 aromatic rings. The van der Waals surface area contributed by atoms with Crippen molar-refractivity contribution >= 4 is 23.1 Å². The van der Waals surface area contributed by atoms with E-state index in [4.69, 9.17) is 11.6 Å². The number of aromatic hydroxyl groups is 1. The molecule has 5 nitrogen and oxygen atoms in total. The first-order valence-corrected chi connectivity index (χ1v) is 8.92. The maximum Gasteiger partial charge on any atom is 0.139 e. The molecule has 0 bridgehead atoms. The van der Waals surface area contributed by atoms with Crippen molar-refractivity contribution in [2.45, 2.75) is 13.2 Å². The molecule has 0 unspecified atom stereocenters. The molecule has 2 heterocycles. The summed E-state index contributed by atoms with van der Waals surface area (Å²) in [5.41, 5.74) is 3.80. The zero-order valence-corrected chi connectivity index (χ0v) is 15.2. The van der Waals surface area contributed by atoms with Gasteiger partial charge in [-0.3, -0.25) is 4.40 Å². The number of phenolic OH excluding ortho intramolecular Hbond substituents is 1. The summed E-state index contributed by atoms with van der Waals surface area (Å²) in [6, 6.07) is 18.4. The number of halogens is 1. The number of rotatable bonds is 5. The number of phenols is 1. The Balaban J connectivity index is 1.82. The lowest BCUT2D eigenvalue weighted by molar-refractivity contribution is 0.281. The summed E-state index contributed by atoms with van der Waals surface area (Å²) in [6.07, 6.45) is 1.84. The first-order valence-electron chi connectivity index (χ1n) is 8.54. The molecule has 0 fully saturated rings. The molecular weight excluding hydrogens is 362 g/mol. The molecule has 27 heavy (non-hydrogen) atoms. The highest BCUT2D eigenvalue weighted by Gasteiger charge is 2.17. The minimum Gasteiger partial charge on any atom is -0.507 e. The van der Waals surface area contributed by atoms with Gasteiger partial charge in [-0.25, -0.2) is 4.98 Å². The minimum absolute atomic E-state index is 0.0617. The van der Waals surface area contributed by atoms with Crippen molar-refractivity contribution in [3.63, 3.8) is 0 Å². The van der Waals surface area contributed by atoms with E-state index in [-0.39, 0.29) is 12.4 Å². The van der Waals surface area contributed by atoms with E-state index < -0.39 is 0 Å². The van der Waals surface area contributed by atoms with E-state index in [2.05, 4.69) is 10.3 Å². The van der Waals surface area contributed by atoms with Gasteiger partial charge in [0.2, 0.25) is 0 Å². The average Bonchev–Trinajstić information content (AvgIpc) is 3.04. The molecule has 0 aliphatic carbocycles. The Morgan fingerprint density at radius 2 is 1.85 bits per heavy atom. The van der Waals surface area contributed by atoms with E-state index in [1.165, 1.54) is 0 Å². The van der Waals surface area contributed by atoms with Crippen LogP contribution in [0.15, 0.2) is 66.9 Å². The van der Waals surface area contributed by atoms with Crippen molar-refractivity contribution in [2.24, 2.45) is 0 Å². The molecule has 0 saturated heterocycles. The Kier molecular flexibility index (Phi) is 4.71. The van der Waals surface area contributed by atoms with E-state index in [0.717, 1.165) is 22.6 Å². The summed E-state index contributed by atoms with van der Waals surface area (Å²) >= 11 is 6.08. The first kappa shape index (κ1) is 17.4. The lowest BCUT2D eigenvalue weighted by atomic mass is 10.1. The second kappa shape index (κ2) is 7.31. The summed E-state index contributed by atoms with van der Waals surface area (Å²) in [5.74, 6) is 0.899. The zero-order chi connectivity index (χ0) is 18.8. The molecule has 0 aliphatic rings. The third kappa shape index (κ3) is 3.47. The molecule has 0 radical (unpaired) electrons. The number of nitrogens with one attached hydrogen (secondary N) is 1. The van der Waals surface area contributed by atoms with Crippen LogP contribution in [0.1, 0.15) is 11.1 Å². The molecule has 0 spiro atoms. The van der Waals surface area contributed by atoms with E-state index in [9.17, 15) is 10.2 Å². The van der Waals surface area contributed by atoms with E-state index >= 15 is 0 Å². The number of pyridine rings is 1. The van der Waals surface area contributed by atoms with Crippen molar-refractivity contribution in [3.8, 4) is 17.0 Å². The van der Waals surface area contributed by atoms with Gasteiger partial charge in [0.05, 0.1) is 6.61 Å². The highest BCUT2D eigenvalue weighted by molar-refractivity contribution is 6.30. The SMILES string of the molecule is OCc1ccc2nc(-c3ccccc3O)c(NCc3cccc(Cl)c3)n2c1. The van der Waals surface area contributed by atoms with Crippen LogP contribution in [0.4, 0.5) is 5.82 Å². The van der Waals surface area contributed by atoms with Crippen LogP contribution in [-0.2, 0) is 13.2 Å². The Hall–Kier alpha value is -3.02. The van der Waals surface area contributed by atoms with Crippen LogP contribution in [0.3, 0.4) is 0 Å². The van der Waals surface area contributed by atoms with Gasteiger partial charge in [-0.2, -0.15) is 0 Å². The van der Waals surface area contributed by atoms with Gasteiger partial charge in [0.15, 0.2) is 0 Å². The molecule has 2 aromatic carbocycles. The van der Waals surface area contributed by atoms with Crippen LogP contribution in [0.5, 0.6) is 5.75 Å². The normalized spacial score (nSPS) is 11.0. The van der Waals surface area contributed by atoms with E-state index in [0.29, 0.717) is 22.8 Å². The highest BCUT2D eigenvalue weighted by atomic mass is 35.5. The highest BCUT2D eigenvalue weighted by Crippen LogP contribution is 2.34. The van der Waals surface area contributed by atoms with Crippen LogP contribution in [0, 0.1) is 0 Å². The third-order valence-electron chi connectivity index (χ3n) is 4.37. The largest absolute Gasteiger partial charge is 0.507 e. The number of anilines is 1. The molecule has 0 amide bonds. The van der Waals surface area contributed by atoms with Crippen LogP contribution in [-0.4, -0.2) is 19.6 Å². The molecule has 0 aliphatic heterocycles. The lowest BCUT2D eigenvalue weighted by Crippen LogP contribution is -2.04. The van der Waals surface area contributed by atoms with Gasteiger partial charge in [-0.05, 0) is 41.5 Å². The predicted octanol–water partition coefficient (Wildman–Crippen LogP) is 4.46. The summed E-state index contributed by atoms with van der Waals surface area (Å²) in [5, 5.41) is 23.9. The third-order valence-corrected chi connectivity index (χ3v) is 4.61. The van der Waals surface area contributed by atoms with Gasteiger partial charge < -0.3 is 15.5 Å². The number of nitrogens with zero attached hydrogens (tertiary/aromatic N) is 2.